The Labute approximate surface area is 113 Å². The second kappa shape index (κ2) is 9.92. The van der Waals surface area contributed by atoms with Gasteiger partial charge in [0.15, 0.2) is 0 Å². The minimum absolute atomic E-state index is 0. The number of phosphoric acid groups is 1. The monoisotopic (exact) mass is 211 g/mol. The van der Waals surface area contributed by atoms with Crippen LogP contribution < -0.4 is 14.7 Å². The molecule has 0 aromatic rings. The molecule has 0 aliphatic rings. The molecule has 4 nitrogen and oxygen atoms in total. The van der Waals surface area contributed by atoms with Crippen molar-refractivity contribution in [1.82, 2.24) is 0 Å². The van der Waals surface area contributed by atoms with Gasteiger partial charge in [-0.05, 0) is 0 Å². The maximum Gasteiger partial charge on any atom is 2.00 e. The standard InChI is InChI=1S/2Ca.ClH.H3O4P/c;;;1-5(2,3)4/h;;1H;(H3,1,2,3,4)/q2*+2;;/p-3. The molecule has 8 heavy (non-hydrogen) atoms. The zero-order valence-electron chi connectivity index (χ0n) is 3.90. The van der Waals surface area contributed by atoms with Gasteiger partial charge in [-0.3, -0.25) is 0 Å². The van der Waals surface area contributed by atoms with E-state index in [4.69, 9.17) is 19.2 Å². The second-order valence-electron chi connectivity index (χ2n) is 0.447. The fraction of sp³-hybridized carbons (Fsp3) is 0. The molecule has 0 atom stereocenters. The third-order valence-electron chi connectivity index (χ3n) is 0. The van der Waals surface area contributed by atoms with Crippen molar-refractivity contribution in [2.75, 3.05) is 0 Å². The van der Waals surface area contributed by atoms with Crippen molar-refractivity contribution < 1.29 is 19.2 Å². The Morgan fingerprint density at radius 2 is 1.00 bits per heavy atom. The Balaban J connectivity index is -0.0000000267. The molecule has 0 N–H and O–H groups in total. The van der Waals surface area contributed by atoms with Crippen molar-refractivity contribution in [2.45, 2.75) is 0 Å². The van der Waals surface area contributed by atoms with Gasteiger partial charge in [0.2, 0.25) is 0 Å². The summed E-state index contributed by atoms with van der Waals surface area (Å²) < 4.78 is 8.55. The van der Waals surface area contributed by atoms with E-state index in [0.29, 0.717) is 0 Å². The molecular formula is HCa2ClO4P+. The third-order valence-corrected chi connectivity index (χ3v) is 0. The Kier molecular flexibility index (Phi) is 27.8. The van der Waals surface area contributed by atoms with Crippen LogP contribution in [0.25, 0.3) is 0 Å². The minimum Gasteiger partial charge on any atom is -0.822 e. The van der Waals surface area contributed by atoms with E-state index in [9.17, 15) is 0 Å². The summed E-state index contributed by atoms with van der Waals surface area (Å²) in [4.78, 5) is 25.6. The molecule has 0 spiro atoms. The average molecular weight is 212 g/mol. The molecule has 0 unspecified atom stereocenters. The average Bonchev–Trinajstić information content (AvgIpc) is 0.722. The van der Waals surface area contributed by atoms with Crippen LogP contribution in [0.5, 0.6) is 0 Å². The number of rotatable bonds is 0. The quantitative estimate of drug-likeness (QED) is 0.313. The topological polar surface area (TPSA) is 86.2 Å². The van der Waals surface area contributed by atoms with Crippen LogP contribution >= 0.6 is 20.2 Å². The van der Waals surface area contributed by atoms with Crippen molar-refractivity contribution in [3.05, 3.63) is 0 Å². The zero-order chi connectivity index (χ0) is 4.50. The molecule has 0 aromatic carbocycles. The zero-order valence-corrected chi connectivity index (χ0v) is 10.0. The SMILES string of the molecule is Cl.O=P([O-])([O-])[O-].[Ca+2].[Ca+2]. The van der Waals surface area contributed by atoms with Crippen molar-refractivity contribution in [2.24, 2.45) is 0 Å². The van der Waals surface area contributed by atoms with Crippen molar-refractivity contribution in [1.29, 1.82) is 0 Å². The first-order valence-corrected chi connectivity index (χ1v) is 2.19. The van der Waals surface area contributed by atoms with Crippen LogP contribution in [-0.2, 0) is 4.57 Å². The molecule has 0 aliphatic carbocycles. The van der Waals surface area contributed by atoms with Gasteiger partial charge in [-0.1, -0.05) is 0 Å². The van der Waals surface area contributed by atoms with Crippen LogP contribution in [0.2, 0.25) is 0 Å². The summed E-state index contributed by atoms with van der Waals surface area (Å²) in [5.41, 5.74) is 0. The van der Waals surface area contributed by atoms with Crippen molar-refractivity contribution in [3.63, 3.8) is 0 Å². The smallest absolute Gasteiger partial charge is 0.822 e. The van der Waals surface area contributed by atoms with Crippen LogP contribution in [0.3, 0.4) is 0 Å². The van der Waals surface area contributed by atoms with Crippen LogP contribution in [0.4, 0.5) is 0 Å². The van der Waals surface area contributed by atoms with E-state index >= 15 is 0 Å². The van der Waals surface area contributed by atoms with Crippen LogP contribution in [0.15, 0.2) is 0 Å². The van der Waals surface area contributed by atoms with Gasteiger partial charge in [0.25, 0.3) is 0 Å². The first-order chi connectivity index (χ1) is 2.00. The van der Waals surface area contributed by atoms with Gasteiger partial charge in [0.1, 0.15) is 0 Å². The fourth-order valence-electron chi connectivity index (χ4n) is 0. The Morgan fingerprint density at radius 1 is 1.00 bits per heavy atom. The fourth-order valence-corrected chi connectivity index (χ4v) is 0. The molecule has 0 heterocycles. The molecule has 0 aromatic heterocycles. The van der Waals surface area contributed by atoms with Gasteiger partial charge in [-0.15, -0.1) is 12.4 Å². The van der Waals surface area contributed by atoms with Gasteiger partial charge in [-0.25, -0.2) is 0 Å². The first-order valence-electron chi connectivity index (χ1n) is 0.730. The van der Waals surface area contributed by atoms with Gasteiger partial charge in [0.05, 0.1) is 0 Å². The minimum atomic E-state index is -5.39. The van der Waals surface area contributed by atoms with Crippen LogP contribution in [0.1, 0.15) is 0 Å². The molecule has 0 saturated carbocycles. The predicted molar refractivity (Wildman–Crippen MR) is 26.4 cm³/mol. The molecule has 0 aliphatic heterocycles. The Morgan fingerprint density at radius 3 is 1.00 bits per heavy atom. The summed E-state index contributed by atoms with van der Waals surface area (Å²) in [6.45, 7) is 0. The maximum atomic E-state index is 8.55. The van der Waals surface area contributed by atoms with Crippen molar-refractivity contribution in [3.8, 4) is 0 Å². The molecule has 0 amide bonds. The van der Waals surface area contributed by atoms with E-state index in [2.05, 4.69) is 0 Å². The number of hydrogen-bond acceptors (Lipinski definition) is 4. The van der Waals surface area contributed by atoms with E-state index in [-0.39, 0.29) is 87.9 Å². The first kappa shape index (κ1) is 22.4. The summed E-state index contributed by atoms with van der Waals surface area (Å²) in [5, 5.41) is 0. The second-order valence-corrected chi connectivity index (χ2v) is 1.34. The van der Waals surface area contributed by atoms with E-state index in [1.807, 2.05) is 0 Å². The number of halogens is 1. The van der Waals surface area contributed by atoms with Crippen LogP contribution in [-0.4, -0.2) is 75.5 Å². The normalized spacial score (nSPS) is 7.38. The Hall–Kier alpha value is 2.92. The van der Waals surface area contributed by atoms with Gasteiger partial charge >= 0.3 is 75.5 Å². The molecule has 0 bridgehead atoms. The summed E-state index contributed by atoms with van der Waals surface area (Å²) in [6.07, 6.45) is 0. The molecule has 0 rings (SSSR count). The van der Waals surface area contributed by atoms with Crippen LogP contribution in [0, 0.1) is 0 Å². The largest absolute Gasteiger partial charge is 2.00 e. The maximum absolute atomic E-state index is 8.55. The summed E-state index contributed by atoms with van der Waals surface area (Å²) >= 11 is 0. The molecule has 0 fully saturated rings. The molecule has 40 valence electrons. The molecular weight excluding hydrogens is 211 g/mol. The van der Waals surface area contributed by atoms with E-state index in [0.717, 1.165) is 0 Å². The molecule has 8 heteroatoms. The van der Waals surface area contributed by atoms with Gasteiger partial charge < -0.3 is 19.2 Å². The summed E-state index contributed by atoms with van der Waals surface area (Å²) in [7, 11) is -5.39. The third kappa shape index (κ3) is 65.6. The summed E-state index contributed by atoms with van der Waals surface area (Å²) in [5.74, 6) is 0. The van der Waals surface area contributed by atoms with E-state index in [1.54, 1.807) is 0 Å². The molecule has 0 radical (unpaired) electrons. The van der Waals surface area contributed by atoms with E-state index < -0.39 is 7.82 Å². The van der Waals surface area contributed by atoms with Crippen molar-refractivity contribution >= 4 is 95.7 Å². The Bertz CT molecular complexity index is 60.2. The van der Waals surface area contributed by atoms with E-state index in [1.165, 1.54) is 0 Å². The van der Waals surface area contributed by atoms with Gasteiger partial charge in [-0.2, -0.15) is 7.82 Å². The predicted octanol–water partition coefficient (Wildman–Crippen LogP) is -3.16. The summed E-state index contributed by atoms with van der Waals surface area (Å²) in [6, 6.07) is 0. The number of hydrogen-bond donors (Lipinski definition) is 0. The molecule has 0 saturated heterocycles. The van der Waals surface area contributed by atoms with Gasteiger partial charge in [0, 0.05) is 0 Å².